The zero-order valence-corrected chi connectivity index (χ0v) is 14.4. The van der Waals surface area contributed by atoms with E-state index < -0.39 is 0 Å². The van der Waals surface area contributed by atoms with Crippen molar-refractivity contribution in [3.63, 3.8) is 0 Å². The maximum Gasteiger partial charge on any atom is 0.119 e. The molecule has 1 fully saturated rings. The molecule has 0 atom stereocenters. The number of hydrogen-bond donors (Lipinski definition) is 0. The van der Waals surface area contributed by atoms with Crippen LogP contribution in [0, 0.1) is 0 Å². The van der Waals surface area contributed by atoms with Crippen molar-refractivity contribution in [3.8, 4) is 5.75 Å². The van der Waals surface area contributed by atoms with E-state index in [1.54, 1.807) is 0 Å². The molecular formula is C22H27NO. The van der Waals surface area contributed by atoms with E-state index >= 15 is 0 Å². The van der Waals surface area contributed by atoms with Crippen molar-refractivity contribution >= 4 is 12.2 Å². The van der Waals surface area contributed by atoms with Gasteiger partial charge in [-0.05, 0) is 55.6 Å². The Bertz CT molecular complexity index is 612. The van der Waals surface area contributed by atoms with E-state index in [-0.39, 0.29) is 0 Å². The van der Waals surface area contributed by atoms with Crippen LogP contribution in [-0.4, -0.2) is 31.1 Å². The maximum absolute atomic E-state index is 5.86. The average Bonchev–Trinajstić information content (AvgIpc) is 2.66. The molecule has 0 bridgehead atoms. The zero-order chi connectivity index (χ0) is 16.5. The van der Waals surface area contributed by atoms with E-state index in [1.165, 1.54) is 43.5 Å². The molecule has 0 aromatic heterocycles. The largest absolute Gasteiger partial charge is 0.494 e. The first-order chi connectivity index (χ1) is 11.9. The molecule has 1 heterocycles. The summed E-state index contributed by atoms with van der Waals surface area (Å²) in [6.45, 7) is 4.50. The lowest BCUT2D eigenvalue weighted by Crippen LogP contribution is -2.31. The van der Waals surface area contributed by atoms with Gasteiger partial charge < -0.3 is 9.64 Å². The summed E-state index contributed by atoms with van der Waals surface area (Å²) in [5.74, 6) is 0.963. The predicted octanol–water partition coefficient (Wildman–Crippen LogP) is 5.11. The first-order valence-electron chi connectivity index (χ1n) is 9.08. The van der Waals surface area contributed by atoms with Crippen LogP contribution in [0.25, 0.3) is 12.2 Å². The summed E-state index contributed by atoms with van der Waals surface area (Å²) in [7, 11) is 0. The SMILES string of the molecule is C(=C\c1ccc(OCCCN2CCCCC2)cc1)/c1ccccc1. The van der Waals surface area contributed by atoms with Crippen LogP contribution >= 0.6 is 0 Å². The summed E-state index contributed by atoms with van der Waals surface area (Å²) >= 11 is 0. The highest BCUT2D eigenvalue weighted by Crippen LogP contribution is 2.15. The van der Waals surface area contributed by atoms with Crippen molar-refractivity contribution in [2.75, 3.05) is 26.2 Å². The number of nitrogens with zero attached hydrogens (tertiary/aromatic N) is 1. The minimum absolute atomic E-state index is 0.801. The van der Waals surface area contributed by atoms with Gasteiger partial charge >= 0.3 is 0 Å². The van der Waals surface area contributed by atoms with Gasteiger partial charge in [-0.15, -0.1) is 0 Å². The molecular weight excluding hydrogens is 294 g/mol. The lowest BCUT2D eigenvalue weighted by Gasteiger charge is -2.26. The number of rotatable bonds is 7. The molecule has 1 aliphatic heterocycles. The standard InChI is InChI=1S/C22H27NO/c1-3-8-20(9-4-1)10-11-21-12-14-22(15-13-21)24-19-7-18-23-16-5-2-6-17-23/h1,3-4,8-15H,2,5-7,16-19H2/b11-10+. The molecule has 24 heavy (non-hydrogen) atoms. The minimum atomic E-state index is 0.801. The smallest absolute Gasteiger partial charge is 0.119 e. The molecule has 1 aliphatic rings. The molecule has 2 nitrogen and oxygen atoms in total. The van der Waals surface area contributed by atoms with Gasteiger partial charge in [0, 0.05) is 6.54 Å². The number of piperidine rings is 1. The fourth-order valence-electron chi connectivity index (χ4n) is 3.09. The van der Waals surface area contributed by atoms with Crippen molar-refractivity contribution in [2.24, 2.45) is 0 Å². The van der Waals surface area contributed by atoms with E-state index in [4.69, 9.17) is 4.74 Å². The molecule has 3 rings (SSSR count). The van der Waals surface area contributed by atoms with Gasteiger partial charge in [-0.2, -0.15) is 0 Å². The maximum atomic E-state index is 5.86. The monoisotopic (exact) mass is 321 g/mol. The molecule has 0 saturated carbocycles. The summed E-state index contributed by atoms with van der Waals surface area (Å²) in [5, 5.41) is 0. The zero-order valence-electron chi connectivity index (χ0n) is 14.4. The van der Waals surface area contributed by atoms with E-state index in [0.717, 1.165) is 25.3 Å². The average molecular weight is 321 g/mol. The third-order valence-corrected chi connectivity index (χ3v) is 4.48. The highest BCUT2D eigenvalue weighted by molar-refractivity contribution is 5.69. The second-order valence-electron chi connectivity index (χ2n) is 6.42. The van der Waals surface area contributed by atoms with Crippen LogP contribution < -0.4 is 4.74 Å². The second kappa shape index (κ2) is 9.29. The summed E-state index contributed by atoms with van der Waals surface area (Å²) in [6, 6.07) is 18.7. The quantitative estimate of drug-likeness (QED) is 0.519. The molecule has 0 N–H and O–H groups in total. The fourth-order valence-corrected chi connectivity index (χ4v) is 3.09. The second-order valence-corrected chi connectivity index (χ2v) is 6.42. The third-order valence-electron chi connectivity index (χ3n) is 4.48. The highest BCUT2D eigenvalue weighted by Gasteiger charge is 2.08. The molecule has 126 valence electrons. The van der Waals surface area contributed by atoms with Crippen molar-refractivity contribution in [2.45, 2.75) is 25.7 Å². The molecule has 0 spiro atoms. The van der Waals surface area contributed by atoms with Gasteiger partial charge in [0.2, 0.25) is 0 Å². The fraction of sp³-hybridized carbons (Fsp3) is 0.364. The van der Waals surface area contributed by atoms with Gasteiger partial charge in [-0.3, -0.25) is 0 Å². The molecule has 1 saturated heterocycles. The molecule has 0 radical (unpaired) electrons. The molecule has 2 aromatic carbocycles. The lowest BCUT2D eigenvalue weighted by molar-refractivity contribution is 0.205. The Hall–Kier alpha value is -2.06. The number of benzene rings is 2. The Morgan fingerprint density at radius 3 is 2.17 bits per heavy atom. The predicted molar refractivity (Wildman–Crippen MR) is 102 cm³/mol. The van der Waals surface area contributed by atoms with Gasteiger partial charge in [0.15, 0.2) is 0 Å². The molecule has 0 unspecified atom stereocenters. The van der Waals surface area contributed by atoms with E-state index in [1.807, 2.05) is 6.07 Å². The number of hydrogen-bond acceptors (Lipinski definition) is 2. The summed E-state index contributed by atoms with van der Waals surface area (Å²) in [4.78, 5) is 2.56. The molecule has 2 heteroatoms. The minimum Gasteiger partial charge on any atom is -0.494 e. The molecule has 2 aromatic rings. The Balaban J connectivity index is 1.40. The van der Waals surface area contributed by atoms with Gasteiger partial charge in [0.1, 0.15) is 5.75 Å². The highest BCUT2D eigenvalue weighted by atomic mass is 16.5. The Labute approximate surface area is 145 Å². The first-order valence-corrected chi connectivity index (χ1v) is 9.08. The normalized spacial score (nSPS) is 15.7. The van der Waals surface area contributed by atoms with Crippen LogP contribution in [0.15, 0.2) is 54.6 Å². The van der Waals surface area contributed by atoms with Crippen LogP contribution in [0.4, 0.5) is 0 Å². The topological polar surface area (TPSA) is 12.5 Å². The number of ether oxygens (including phenoxy) is 1. The van der Waals surface area contributed by atoms with Crippen LogP contribution in [0.1, 0.15) is 36.8 Å². The summed E-state index contributed by atoms with van der Waals surface area (Å²) in [6.07, 6.45) is 9.50. The van der Waals surface area contributed by atoms with Crippen molar-refractivity contribution in [1.29, 1.82) is 0 Å². The van der Waals surface area contributed by atoms with Gasteiger partial charge in [-0.1, -0.05) is 61.0 Å². The van der Waals surface area contributed by atoms with Gasteiger partial charge in [-0.25, -0.2) is 0 Å². The Kier molecular flexibility index (Phi) is 6.50. The van der Waals surface area contributed by atoms with Crippen LogP contribution in [0.2, 0.25) is 0 Å². The van der Waals surface area contributed by atoms with Crippen LogP contribution in [-0.2, 0) is 0 Å². The van der Waals surface area contributed by atoms with E-state index in [9.17, 15) is 0 Å². The van der Waals surface area contributed by atoms with Crippen LogP contribution in [0.3, 0.4) is 0 Å². The van der Waals surface area contributed by atoms with Gasteiger partial charge in [0.25, 0.3) is 0 Å². The Morgan fingerprint density at radius 1 is 0.792 bits per heavy atom. The van der Waals surface area contributed by atoms with Crippen molar-refractivity contribution in [1.82, 2.24) is 4.90 Å². The van der Waals surface area contributed by atoms with Gasteiger partial charge in [0.05, 0.1) is 6.61 Å². The summed E-state index contributed by atoms with van der Waals surface area (Å²) < 4.78 is 5.86. The summed E-state index contributed by atoms with van der Waals surface area (Å²) in [5.41, 5.74) is 2.41. The van der Waals surface area contributed by atoms with E-state index in [0.29, 0.717) is 0 Å². The molecule has 0 amide bonds. The van der Waals surface area contributed by atoms with Crippen molar-refractivity contribution in [3.05, 3.63) is 65.7 Å². The number of likely N-dealkylation sites (tertiary alicyclic amines) is 1. The first kappa shape index (κ1) is 16.8. The molecule has 0 aliphatic carbocycles. The van der Waals surface area contributed by atoms with Crippen LogP contribution in [0.5, 0.6) is 5.75 Å². The third kappa shape index (κ3) is 5.54. The lowest BCUT2D eigenvalue weighted by atomic mass is 10.1. The van der Waals surface area contributed by atoms with E-state index in [2.05, 4.69) is 65.6 Å². The van der Waals surface area contributed by atoms with Crippen molar-refractivity contribution < 1.29 is 4.74 Å². The Morgan fingerprint density at radius 2 is 1.46 bits per heavy atom.